The molecule has 37 heavy (non-hydrogen) atoms. The minimum atomic E-state index is -0.939. The number of aromatic carboxylic acids is 1. The lowest BCUT2D eigenvalue weighted by Crippen LogP contribution is -2.33. The van der Waals surface area contributed by atoms with Gasteiger partial charge in [0.25, 0.3) is 5.91 Å². The van der Waals surface area contributed by atoms with E-state index in [1.807, 2.05) is 48.5 Å². The SMILES string of the molecule is CCCCN1C(=O)C(=NNC(=O)Nc2ccccc2)c2cc(SCCc3ccc(C(=O)O)cc3)ccc21. The molecule has 0 aliphatic carbocycles. The Bertz CT molecular complexity index is 1310. The van der Waals surface area contributed by atoms with Gasteiger partial charge in [-0.1, -0.05) is 43.7 Å². The van der Waals surface area contributed by atoms with E-state index in [9.17, 15) is 14.4 Å². The van der Waals surface area contributed by atoms with Gasteiger partial charge in [0.05, 0.1) is 11.3 Å². The highest BCUT2D eigenvalue weighted by Crippen LogP contribution is 2.33. The molecule has 0 fully saturated rings. The van der Waals surface area contributed by atoms with Crippen molar-refractivity contribution in [1.82, 2.24) is 5.43 Å². The van der Waals surface area contributed by atoms with E-state index in [0.717, 1.165) is 41.2 Å². The van der Waals surface area contributed by atoms with Crippen LogP contribution in [0.3, 0.4) is 0 Å². The van der Waals surface area contributed by atoms with E-state index in [1.165, 1.54) is 0 Å². The standard InChI is InChI=1S/C28H28N4O4S/c1-2-3-16-32-24-14-13-22(37-17-15-19-9-11-20(12-10-19)27(34)35)18-23(24)25(26(32)33)30-31-28(36)29-21-7-5-4-6-8-21/h4-14,18H,2-3,15-17H2,1H3,(H,34,35)(H2,29,31,36). The van der Waals surface area contributed by atoms with E-state index in [1.54, 1.807) is 40.9 Å². The molecule has 0 saturated heterocycles. The maximum Gasteiger partial charge on any atom is 0.339 e. The predicted molar refractivity (Wildman–Crippen MR) is 147 cm³/mol. The molecule has 190 valence electrons. The number of rotatable bonds is 10. The van der Waals surface area contributed by atoms with Gasteiger partial charge >= 0.3 is 12.0 Å². The fourth-order valence-electron chi connectivity index (χ4n) is 3.92. The van der Waals surface area contributed by atoms with Crippen LogP contribution in [0.25, 0.3) is 0 Å². The van der Waals surface area contributed by atoms with Gasteiger partial charge in [-0.15, -0.1) is 11.8 Å². The first-order valence-electron chi connectivity index (χ1n) is 12.1. The fourth-order valence-corrected chi connectivity index (χ4v) is 4.86. The van der Waals surface area contributed by atoms with Gasteiger partial charge in [0.1, 0.15) is 0 Å². The van der Waals surface area contributed by atoms with Crippen LogP contribution in [0.4, 0.5) is 16.2 Å². The average Bonchev–Trinajstić information content (AvgIpc) is 3.16. The van der Waals surface area contributed by atoms with Gasteiger partial charge < -0.3 is 15.3 Å². The number of unbranched alkanes of at least 4 members (excludes halogenated alkanes) is 1. The number of amides is 3. The molecule has 0 unspecified atom stereocenters. The number of anilines is 2. The molecule has 0 saturated carbocycles. The van der Waals surface area contributed by atoms with Crippen molar-refractivity contribution in [2.24, 2.45) is 5.10 Å². The van der Waals surface area contributed by atoms with Crippen molar-refractivity contribution in [2.45, 2.75) is 31.1 Å². The Balaban J connectivity index is 1.47. The summed E-state index contributed by atoms with van der Waals surface area (Å²) in [6, 6.07) is 21.2. The Morgan fingerprint density at radius 1 is 1.03 bits per heavy atom. The molecule has 4 rings (SSSR count). The third kappa shape index (κ3) is 6.56. The Morgan fingerprint density at radius 3 is 2.49 bits per heavy atom. The number of thioether (sulfide) groups is 1. The fraction of sp³-hybridized carbons (Fsp3) is 0.214. The van der Waals surface area contributed by atoms with E-state index in [0.29, 0.717) is 17.8 Å². The first kappa shape index (κ1) is 26.0. The van der Waals surface area contributed by atoms with Gasteiger partial charge in [0, 0.05) is 28.4 Å². The van der Waals surface area contributed by atoms with Crippen LogP contribution >= 0.6 is 11.8 Å². The Hall–Kier alpha value is -4.11. The highest BCUT2D eigenvalue weighted by Gasteiger charge is 2.34. The lowest BCUT2D eigenvalue weighted by Gasteiger charge is -2.16. The van der Waals surface area contributed by atoms with Crippen LogP contribution in [0.5, 0.6) is 0 Å². The molecule has 0 atom stereocenters. The van der Waals surface area contributed by atoms with Crippen molar-refractivity contribution < 1.29 is 19.5 Å². The normalized spacial score (nSPS) is 13.5. The van der Waals surface area contributed by atoms with E-state index in [-0.39, 0.29) is 17.2 Å². The molecular weight excluding hydrogens is 488 g/mol. The van der Waals surface area contributed by atoms with Crippen molar-refractivity contribution >= 4 is 46.8 Å². The van der Waals surface area contributed by atoms with Crippen molar-refractivity contribution in [3.63, 3.8) is 0 Å². The molecule has 3 N–H and O–H groups in total. The van der Waals surface area contributed by atoms with Crippen LogP contribution < -0.4 is 15.6 Å². The number of carbonyl (C=O) groups is 3. The topological polar surface area (TPSA) is 111 Å². The summed E-state index contributed by atoms with van der Waals surface area (Å²) in [4.78, 5) is 39.3. The largest absolute Gasteiger partial charge is 0.478 e. The first-order valence-corrected chi connectivity index (χ1v) is 13.1. The molecule has 3 amide bonds. The number of carboxylic acid groups (broad SMARTS) is 1. The van der Waals surface area contributed by atoms with Crippen LogP contribution in [0.1, 0.15) is 41.3 Å². The summed E-state index contributed by atoms with van der Waals surface area (Å²) < 4.78 is 0. The quantitative estimate of drug-likeness (QED) is 0.247. The highest BCUT2D eigenvalue weighted by atomic mass is 32.2. The number of urea groups is 1. The van der Waals surface area contributed by atoms with Crippen molar-refractivity contribution in [1.29, 1.82) is 0 Å². The van der Waals surface area contributed by atoms with E-state index >= 15 is 0 Å². The number of hydrogen-bond donors (Lipinski definition) is 3. The molecule has 1 heterocycles. The molecule has 8 nitrogen and oxygen atoms in total. The molecule has 3 aromatic rings. The zero-order valence-corrected chi connectivity index (χ0v) is 21.3. The Morgan fingerprint density at radius 2 is 1.78 bits per heavy atom. The molecular formula is C28H28N4O4S. The van der Waals surface area contributed by atoms with Crippen LogP contribution in [-0.4, -0.2) is 41.0 Å². The van der Waals surface area contributed by atoms with E-state index in [2.05, 4.69) is 22.8 Å². The molecule has 1 aliphatic rings. The maximum atomic E-state index is 13.2. The number of benzene rings is 3. The summed E-state index contributed by atoms with van der Waals surface area (Å²) in [6.07, 6.45) is 2.58. The van der Waals surface area contributed by atoms with Crippen LogP contribution in [0.15, 0.2) is 82.8 Å². The minimum absolute atomic E-state index is 0.209. The molecule has 1 aliphatic heterocycles. The predicted octanol–water partition coefficient (Wildman–Crippen LogP) is 5.39. The van der Waals surface area contributed by atoms with Crippen LogP contribution in [0.2, 0.25) is 0 Å². The Labute approximate surface area is 219 Å². The average molecular weight is 517 g/mol. The summed E-state index contributed by atoms with van der Waals surface area (Å²) in [7, 11) is 0. The lowest BCUT2D eigenvalue weighted by molar-refractivity contribution is -0.112. The van der Waals surface area contributed by atoms with E-state index in [4.69, 9.17) is 5.11 Å². The van der Waals surface area contributed by atoms with Crippen molar-refractivity contribution in [3.8, 4) is 0 Å². The smallest absolute Gasteiger partial charge is 0.339 e. The molecule has 0 bridgehead atoms. The minimum Gasteiger partial charge on any atom is -0.478 e. The van der Waals surface area contributed by atoms with Gasteiger partial charge in [-0.3, -0.25) is 4.79 Å². The molecule has 0 spiro atoms. The van der Waals surface area contributed by atoms with Crippen molar-refractivity contribution in [2.75, 3.05) is 22.5 Å². The molecule has 3 aromatic carbocycles. The second kappa shape index (κ2) is 12.2. The number of aryl methyl sites for hydroxylation is 1. The summed E-state index contributed by atoms with van der Waals surface area (Å²) in [6.45, 7) is 2.65. The maximum absolute atomic E-state index is 13.2. The third-order valence-corrected chi connectivity index (χ3v) is 6.85. The number of hydrogen-bond acceptors (Lipinski definition) is 5. The first-order chi connectivity index (χ1) is 18.0. The monoisotopic (exact) mass is 516 g/mol. The Kier molecular flexibility index (Phi) is 8.58. The summed E-state index contributed by atoms with van der Waals surface area (Å²) >= 11 is 1.64. The second-order valence-electron chi connectivity index (χ2n) is 8.48. The van der Waals surface area contributed by atoms with E-state index < -0.39 is 12.0 Å². The lowest BCUT2D eigenvalue weighted by atomic mass is 10.1. The van der Waals surface area contributed by atoms with Gasteiger partial charge in [0.15, 0.2) is 5.71 Å². The van der Waals surface area contributed by atoms with Gasteiger partial charge in [-0.25, -0.2) is 15.0 Å². The van der Waals surface area contributed by atoms with Gasteiger partial charge in [0.2, 0.25) is 0 Å². The number of nitrogens with one attached hydrogen (secondary N) is 2. The molecule has 9 heteroatoms. The summed E-state index contributed by atoms with van der Waals surface area (Å²) in [5.74, 6) is -0.390. The number of para-hydroxylation sites is 1. The highest BCUT2D eigenvalue weighted by molar-refractivity contribution is 7.99. The summed E-state index contributed by atoms with van der Waals surface area (Å²) in [5.41, 5.74) is 6.09. The number of carbonyl (C=O) groups excluding carboxylic acids is 2. The van der Waals surface area contributed by atoms with Crippen LogP contribution in [-0.2, 0) is 11.2 Å². The number of fused-ring (bicyclic) bond motifs is 1. The van der Waals surface area contributed by atoms with Gasteiger partial charge in [-0.05, 0) is 60.9 Å². The zero-order valence-electron chi connectivity index (χ0n) is 20.4. The number of nitrogens with zero attached hydrogens (tertiary/aromatic N) is 2. The third-order valence-electron chi connectivity index (χ3n) is 5.86. The number of carboxylic acids is 1. The van der Waals surface area contributed by atoms with Crippen LogP contribution in [0, 0.1) is 0 Å². The van der Waals surface area contributed by atoms with Crippen molar-refractivity contribution in [3.05, 3.63) is 89.5 Å². The van der Waals surface area contributed by atoms with Gasteiger partial charge in [-0.2, -0.15) is 5.10 Å². The molecule has 0 radical (unpaired) electrons. The summed E-state index contributed by atoms with van der Waals surface area (Å²) in [5, 5.41) is 15.9. The number of hydrazone groups is 1. The zero-order chi connectivity index (χ0) is 26.2. The molecule has 0 aromatic heterocycles. The second-order valence-corrected chi connectivity index (χ2v) is 9.65.